The minimum atomic E-state index is -0.0163. The zero-order valence-corrected chi connectivity index (χ0v) is 12.9. The summed E-state index contributed by atoms with van der Waals surface area (Å²) in [5.74, 6) is 1.41. The number of hydrogen-bond acceptors (Lipinski definition) is 3. The van der Waals surface area contributed by atoms with Crippen molar-refractivity contribution >= 4 is 17.7 Å². The Balaban J connectivity index is 2.19. The Morgan fingerprint density at radius 3 is 2.83 bits per heavy atom. The summed E-state index contributed by atoms with van der Waals surface area (Å²) in [5.41, 5.74) is 0.0845. The van der Waals surface area contributed by atoms with E-state index in [9.17, 15) is 4.79 Å². The molecule has 0 radical (unpaired) electrons. The van der Waals surface area contributed by atoms with Crippen LogP contribution in [0.15, 0.2) is 0 Å². The van der Waals surface area contributed by atoms with Gasteiger partial charge in [0.1, 0.15) is 0 Å². The number of carbonyl (C=O) groups excluding carboxylic acids is 1. The van der Waals surface area contributed by atoms with E-state index < -0.39 is 0 Å². The van der Waals surface area contributed by atoms with Gasteiger partial charge in [0.2, 0.25) is 5.91 Å². The predicted molar refractivity (Wildman–Crippen MR) is 80.0 cm³/mol. The normalized spacial score (nSPS) is 22.7. The molecule has 106 valence electrons. The quantitative estimate of drug-likeness (QED) is 0.699. The zero-order chi connectivity index (χ0) is 13.4. The van der Waals surface area contributed by atoms with Gasteiger partial charge >= 0.3 is 0 Å². The molecule has 1 unspecified atom stereocenters. The fourth-order valence-corrected chi connectivity index (χ4v) is 3.01. The Hall–Kier alpha value is -0.220. The second-order valence-electron chi connectivity index (χ2n) is 5.82. The van der Waals surface area contributed by atoms with Crippen LogP contribution in [0.4, 0.5) is 0 Å². The number of rotatable bonds is 7. The molecule has 0 bridgehead atoms. The lowest BCUT2D eigenvalue weighted by Crippen LogP contribution is -2.55. The third kappa shape index (κ3) is 5.19. The number of thioether (sulfide) groups is 1. The van der Waals surface area contributed by atoms with E-state index in [4.69, 9.17) is 0 Å². The Labute approximate surface area is 116 Å². The van der Waals surface area contributed by atoms with Gasteiger partial charge in [0, 0.05) is 6.54 Å². The molecule has 0 spiro atoms. The molecule has 4 heteroatoms. The summed E-state index contributed by atoms with van der Waals surface area (Å²) in [6, 6.07) is -0.0163. The Bertz CT molecular complexity index is 256. The van der Waals surface area contributed by atoms with Crippen molar-refractivity contribution in [3.8, 4) is 0 Å². The lowest BCUT2D eigenvalue weighted by molar-refractivity contribution is -0.126. The fourth-order valence-electron chi connectivity index (χ4n) is 2.52. The molecule has 2 N–H and O–H groups in total. The SMILES string of the molecule is CSCCCCCNC(=O)C1NCCCC1(C)C. The number of carbonyl (C=O) groups is 1. The van der Waals surface area contributed by atoms with Crippen LogP contribution in [0.5, 0.6) is 0 Å². The first-order valence-corrected chi connectivity index (χ1v) is 8.47. The van der Waals surface area contributed by atoms with E-state index in [-0.39, 0.29) is 17.4 Å². The third-order valence-corrected chi connectivity index (χ3v) is 4.41. The van der Waals surface area contributed by atoms with Gasteiger partial charge in [-0.15, -0.1) is 0 Å². The molecule has 0 saturated carbocycles. The fraction of sp³-hybridized carbons (Fsp3) is 0.929. The maximum absolute atomic E-state index is 12.1. The smallest absolute Gasteiger partial charge is 0.237 e. The molecule has 1 heterocycles. The Morgan fingerprint density at radius 1 is 1.39 bits per heavy atom. The lowest BCUT2D eigenvalue weighted by atomic mass is 9.77. The first-order valence-electron chi connectivity index (χ1n) is 7.08. The monoisotopic (exact) mass is 272 g/mol. The summed E-state index contributed by atoms with van der Waals surface area (Å²) in [7, 11) is 0. The molecule has 1 rings (SSSR count). The molecule has 1 amide bonds. The molecule has 1 atom stereocenters. The number of unbranched alkanes of at least 4 members (excludes halogenated alkanes) is 2. The summed E-state index contributed by atoms with van der Waals surface area (Å²) < 4.78 is 0. The molecule has 0 aromatic carbocycles. The highest BCUT2D eigenvalue weighted by Crippen LogP contribution is 2.29. The molecule has 1 fully saturated rings. The minimum Gasteiger partial charge on any atom is -0.355 e. The summed E-state index contributed by atoms with van der Waals surface area (Å²) in [6.45, 7) is 6.15. The van der Waals surface area contributed by atoms with Crippen LogP contribution in [0.3, 0.4) is 0 Å². The van der Waals surface area contributed by atoms with Gasteiger partial charge in [-0.2, -0.15) is 11.8 Å². The van der Waals surface area contributed by atoms with Gasteiger partial charge in [0.05, 0.1) is 6.04 Å². The molecule has 1 aliphatic rings. The second-order valence-corrected chi connectivity index (χ2v) is 6.81. The van der Waals surface area contributed by atoms with Gasteiger partial charge in [-0.3, -0.25) is 4.79 Å². The summed E-state index contributed by atoms with van der Waals surface area (Å²) in [4.78, 5) is 12.1. The molecule has 1 saturated heterocycles. The number of nitrogens with one attached hydrogen (secondary N) is 2. The minimum absolute atomic E-state index is 0.0163. The van der Waals surface area contributed by atoms with Crippen molar-refractivity contribution in [1.82, 2.24) is 10.6 Å². The highest BCUT2D eigenvalue weighted by atomic mass is 32.2. The molecule has 0 aromatic rings. The predicted octanol–water partition coefficient (Wildman–Crippen LogP) is 2.41. The molecule has 0 aromatic heterocycles. The third-order valence-electron chi connectivity index (χ3n) is 3.71. The lowest BCUT2D eigenvalue weighted by Gasteiger charge is -2.38. The summed E-state index contributed by atoms with van der Waals surface area (Å²) >= 11 is 1.89. The van der Waals surface area contributed by atoms with Crippen molar-refractivity contribution < 1.29 is 4.79 Å². The van der Waals surface area contributed by atoms with Crippen molar-refractivity contribution in [2.75, 3.05) is 25.1 Å². The van der Waals surface area contributed by atoms with E-state index >= 15 is 0 Å². The Kier molecular flexibility index (Phi) is 7.08. The highest BCUT2D eigenvalue weighted by molar-refractivity contribution is 7.98. The number of piperidine rings is 1. The van der Waals surface area contributed by atoms with Crippen LogP contribution in [0.2, 0.25) is 0 Å². The van der Waals surface area contributed by atoms with Crippen molar-refractivity contribution in [3.63, 3.8) is 0 Å². The largest absolute Gasteiger partial charge is 0.355 e. The van der Waals surface area contributed by atoms with Gasteiger partial charge in [0.25, 0.3) is 0 Å². The van der Waals surface area contributed by atoms with Crippen molar-refractivity contribution in [3.05, 3.63) is 0 Å². The topological polar surface area (TPSA) is 41.1 Å². The summed E-state index contributed by atoms with van der Waals surface area (Å²) in [6.07, 6.45) is 8.00. The molecule has 1 aliphatic heterocycles. The maximum atomic E-state index is 12.1. The van der Waals surface area contributed by atoms with Gasteiger partial charge in [0.15, 0.2) is 0 Å². The van der Waals surface area contributed by atoms with Gasteiger partial charge < -0.3 is 10.6 Å². The highest BCUT2D eigenvalue weighted by Gasteiger charge is 2.36. The average molecular weight is 272 g/mol. The van der Waals surface area contributed by atoms with Gasteiger partial charge in [-0.1, -0.05) is 20.3 Å². The van der Waals surface area contributed by atoms with Crippen molar-refractivity contribution in [1.29, 1.82) is 0 Å². The van der Waals surface area contributed by atoms with Crippen molar-refractivity contribution in [2.45, 2.75) is 52.0 Å². The number of amides is 1. The van der Waals surface area contributed by atoms with Crippen LogP contribution in [-0.2, 0) is 4.79 Å². The van der Waals surface area contributed by atoms with Crippen LogP contribution in [0.25, 0.3) is 0 Å². The summed E-state index contributed by atoms with van der Waals surface area (Å²) in [5, 5.41) is 6.43. The average Bonchev–Trinajstić information content (AvgIpc) is 2.32. The molecule has 18 heavy (non-hydrogen) atoms. The van der Waals surface area contributed by atoms with Gasteiger partial charge in [-0.25, -0.2) is 0 Å². The second kappa shape index (κ2) is 8.05. The molecular formula is C14H28N2OS. The Morgan fingerprint density at radius 2 is 2.17 bits per heavy atom. The first-order chi connectivity index (χ1) is 8.58. The van der Waals surface area contributed by atoms with Crippen LogP contribution < -0.4 is 10.6 Å². The van der Waals surface area contributed by atoms with Crippen LogP contribution in [-0.4, -0.2) is 37.0 Å². The van der Waals surface area contributed by atoms with Crippen LogP contribution >= 0.6 is 11.8 Å². The van der Waals surface area contributed by atoms with E-state index in [1.807, 2.05) is 11.8 Å². The van der Waals surface area contributed by atoms with Crippen LogP contribution in [0.1, 0.15) is 46.0 Å². The van der Waals surface area contributed by atoms with E-state index in [0.29, 0.717) is 0 Å². The van der Waals surface area contributed by atoms with E-state index in [1.54, 1.807) is 0 Å². The number of hydrogen-bond donors (Lipinski definition) is 2. The zero-order valence-electron chi connectivity index (χ0n) is 12.1. The van der Waals surface area contributed by atoms with Gasteiger partial charge in [-0.05, 0) is 49.7 Å². The van der Waals surface area contributed by atoms with E-state index in [0.717, 1.165) is 25.9 Å². The van der Waals surface area contributed by atoms with Crippen molar-refractivity contribution in [2.24, 2.45) is 5.41 Å². The van der Waals surface area contributed by atoms with Crippen LogP contribution in [0, 0.1) is 5.41 Å². The van der Waals surface area contributed by atoms with E-state index in [1.165, 1.54) is 25.0 Å². The molecule has 3 nitrogen and oxygen atoms in total. The first kappa shape index (κ1) is 15.8. The molecular weight excluding hydrogens is 244 g/mol. The maximum Gasteiger partial charge on any atom is 0.237 e. The standard InChI is InChI=1S/C14H28N2OS/c1-14(2)8-7-10-15-12(14)13(17)16-9-5-4-6-11-18-3/h12,15H,4-11H2,1-3H3,(H,16,17). The molecule has 0 aliphatic carbocycles. The van der Waals surface area contributed by atoms with E-state index in [2.05, 4.69) is 30.7 Å².